The Labute approximate surface area is 232 Å². The number of rotatable bonds is 11. The number of methoxy groups -OCH3 is 1. The van der Waals surface area contributed by atoms with Gasteiger partial charge >= 0.3 is 0 Å². The molecule has 0 spiro atoms. The fraction of sp³-hybridized carbons (Fsp3) is 0.286. The fourth-order valence-electron chi connectivity index (χ4n) is 3.89. The first kappa shape index (κ1) is 29.2. The quantitative estimate of drug-likeness (QED) is 0.347. The molecule has 3 aromatic carbocycles. The summed E-state index contributed by atoms with van der Waals surface area (Å²) in [4.78, 5) is 28.3. The minimum Gasteiger partial charge on any atom is -0.495 e. The molecule has 0 radical (unpaired) electrons. The Morgan fingerprint density at radius 2 is 1.61 bits per heavy atom. The first-order valence-corrected chi connectivity index (χ1v) is 14.3. The number of benzene rings is 3. The van der Waals surface area contributed by atoms with Crippen LogP contribution in [0.25, 0.3) is 0 Å². The van der Waals surface area contributed by atoms with Gasteiger partial charge in [0.1, 0.15) is 18.3 Å². The second kappa shape index (κ2) is 12.9. The van der Waals surface area contributed by atoms with Crippen LogP contribution >= 0.6 is 15.9 Å². The molecule has 38 heavy (non-hydrogen) atoms. The van der Waals surface area contributed by atoms with Crippen LogP contribution in [-0.4, -0.2) is 50.9 Å². The first-order chi connectivity index (χ1) is 18.0. The third-order valence-corrected chi connectivity index (χ3v) is 8.07. The summed E-state index contributed by atoms with van der Waals surface area (Å²) in [7, 11) is -2.73. The lowest BCUT2D eigenvalue weighted by Gasteiger charge is -2.32. The summed E-state index contributed by atoms with van der Waals surface area (Å²) < 4.78 is 34.9. The van der Waals surface area contributed by atoms with Gasteiger partial charge in [0.25, 0.3) is 10.0 Å². The maximum Gasteiger partial charge on any atom is 0.264 e. The fourth-order valence-corrected chi connectivity index (χ4v) is 5.78. The highest BCUT2D eigenvalue weighted by Gasteiger charge is 2.33. The lowest BCUT2D eigenvalue weighted by atomic mass is 10.1. The topological polar surface area (TPSA) is 96.0 Å². The Kier molecular flexibility index (Phi) is 9.93. The van der Waals surface area contributed by atoms with E-state index >= 15 is 0 Å². The van der Waals surface area contributed by atoms with Crippen LogP contribution in [0.1, 0.15) is 26.3 Å². The minimum atomic E-state index is -4.16. The molecule has 0 saturated carbocycles. The maximum absolute atomic E-state index is 13.9. The summed E-state index contributed by atoms with van der Waals surface area (Å²) in [6.45, 7) is 4.87. The Bertz CT molecular complexity index is 1370. The molecule has 202 valence electrons. The predicted molar refractivity (Wildman–Crippen MR) is 151 cm³/mol. The van der Waals surface area contributed by atoms with Gasteiger partial charge in [-0.15, -0.1) is 0 Å². The smallest absolute Gasteiger partial charge is 0.264 e. The van der Waals surface area contributed by atoms with Gasteiger partial charge in [-0.25, -0.2) is 8.42 Å². The monoisotopic (exact) mass is 601 g/mol. The number of nitrogens with zero attached hydrogens (tertiary/aromatic N) is 2. The number of hydrogen-bond donors (Lipinski definition) is 1. The molecule has 0 aliphatic heterocycles. The molecule has 2 amide bonds. The van der Waals surface area contributed by atoms with Crippen LogP contribution in [0.5, 0.6) is 5.75 Å². The van der Waals surface area contributed by atoms with Crippen LogP contribution in [0.3, 0.4) is 0 Å². The summed E-state index contributed by atoms with van der Waals surface area (Å²) in [5.74, 6) is -0.580. The van der Waals surface area contributed by atoms with Gasteiger partial charge in [0.2, 0.25) is 11.8 Å². The van der Waals surface area contributed by atoms with E-state index in [2.05, 4.69) is 21.2 Å². The van der Waals surface area contributed by atoms with E-state index in [0.717, 1.165) is 14.3 Å². The molecule has 0 fully saturated rings. The average Bonchev–Trinajstić information content (AvgIpc) is 2.90. The van der Waals surface area contributed by atoms with E-state index in [-0.39, 0.29) is 29.1 Å². The lowest BCUT2D eigenvalue weighted by Crippen LogP contribution is -2.52. The molecule has 1 N–H and O–H groups in total. The van der Waals surface area contributed by atoms with Crippen molar-refractivity contribution in [2.75, 3.05) is 18.0 Å². The summed E-state index contributed by atoms with van der Waals surface area (Å²) in [6.07, 6.45) is 0. The highest BCUT2D eigenvalue weighted by atomic mass is 79.9. The number of para-hydroxylation sites is 2. The van der Waals surface area contributed by atoms with Crippen LogP contribution < -0.4 is 14.4 Å². The van der Waals surface area contributed by atoms with E-state index in [1.807, 2.05) is 38.1 Å². The van der Waals surface area contributed by atoms with E-state index in [9.17, 15) is 18.0 Å². The Balaban J connectivity index is 2.06. The van der Waals surface area contributed by atoms with Crippen molar-refractivity contribution in [3.05, 3.63) is 88.9 Å². The van der Waals surface area contributed by atoms with Gasteiger partial charge in [-0.3, -0.25) is 13.9 Å². The van der Waals surface area contributed by atoms with Crippen molar-refractivity contribution in [3.63, 3.8) is 0 Å². The summed E-state index contributed by atoms with van der Waals surface area (Å²) in [5, 5.41) is 2.84. The molecule has 0 aromatic heterocycles. The molecule has 0 saturated heterocycles. The van der Waals surface area contributed by atoms with Gasteiger partial charge in [-0.1, -0.05) is 58.4 Å². The number of halogens is 1. The molecule has 3 rings (SSSR count). The van der Waals surface area contributed by atoms with Crippen molar-refractivity contribution in [1.29, 1.82) is 0 Å². The van der Waals surface area contributed by atoms with Gasteiger partial charge in [0.05, 0.1) is 17.7 Å². The Morgan fingerprint density at radius 3 is 2.24 bits per heavy atom. The number of anilines is 1. The van der Waals surface area contributed by atoms with Crippen molar-refractivity contribution >= 4 is 43.5 Å². The van der Waals surface area contributed by atoms with E-state index in [0.29, 0.717) is 5.75 Å². The molecular formula is C28H32BrN3O5S. The molecule has 0 aliphatic carbocycles. The van der Waals surface area contributed by atoms with Gasteiger partial charge in [0, 0.05) is 17.1 Å². The van der Waals surface area contributed by atoms with Crippen molar-refractivity contribution in [2.45, 2.75) is 44.3 Å². The number of nitrogens with one attached hydrogen (secondary N) is 1. The van der Waals surface area contributed by atoms with E-state index in [1.165, 1.54) is 24.1 Å². The largest absolute Gasteiger partial charge is 0.495 e. The van der Waals surface area contributed by atoms with E-state index in [1.54, 1.807) is 49.4 Å². The zero-order valence-corrected chi connectivity index (χ0v) is 24.2. The molecule has 0 bridgehead atoms. The maximum atomic E-state index is 13.9. The third kappa shape index (κ3) is 7.14. The van der Waals surface area contributed by atoms with E-state index < -0.39 is 28.5 Å². The van der Waals surface area contributed by atoms with Crippen LogP contribution in [0, 0.1) is 0 Å². The summed E-state index contributed by atoms with van der Waals surface area (Å²) >= 11 is 3.44. The second-order valence-electron chi connectivity index (χ2n) is 8.99. The van der Waals surface area contributed by atoms with Crippen LogP contribution in [0.4, 0.5) is 5.69 Å². The molecule has 0 aliphatic rings. The lowest BCUT2D eigenvalue weighted by molar-refractivity contribution is -0.139. The summed E-state index contributed by atoms with van der Waals surface area (Å²) in [5.41, 5.74) is 1.00. The highest BCUT2D eigenvalue weighted by molar-refractivity contribution is 9.10. The number of carbonyl (C=O) groups excluding carboxylic acids is 2. The van der Waals surface area contributed by atoms with Crippen molar-refractivity contribution in [2.24, 2.45) is 0 Å². The number of amides is 2. The standard InChI is InChI=1S/C28H32BrN3O5S/c1-20(2)30-28(34)21(3)31(18-22-11-10-12-23(29)17-22)27(33)19-32(25-15-8-9-16-26(25)37-4)38(35,36)24-13-6-5-7-14-24/h5-17,20-21H,18-19H2,1-4H3,(H,30,34)/t21-/m1/s1. The molecule has 10 heteroatoms. The second-order valence-corrected chi connectivity index (χ2v) is 11.8. The molecule has 0 unspecified atom stereocenters. The van der Waals surface area contributed by atoms with E-state index in [4.69, 9.17) is 4.74 Å². The van der Waals surface area contributed by atoms with Crippen LogP contribution in [0.15, 0.2) is 88.2 Å². The third-order valence-electron chi connectivity index (χ3n) is 5.80. The van der Waals surface area contributed by atoms with Crippen molar-refractivity contribution in [1.82, 2.24) is 10.2 Å². The Morgan fingerprint density at radius 1 is 0.947 bits per heavy atom. The van der Waals surface area contributed by atoms with Crippen LogP contribution in [0.2, 0.25) is 0 Å². The SMILES string of the molecule is COc1ccccc1N(CC(=O)N(Cc1cccc(Br)c1)[C@H](C)C(=O)NC(C)C)S(=O)(=O)c1ccccc1. The molecule has 1 atom stereocenters. The predicted octanol–water partition coefficient (Wildman–Crippen LogP) is 4.59. The summed E-state index contributed by atoms with van der Waals surface area (Å²) in [6, 6.07) is 20.9. The number of ether oxygens (including phenoxy) is 1. The molecular weight excluding hydrogens is 570 g/mol. The Hall–Kier alpha value is -3.37. The van der Waals surface area contributed by atoms with Crippen molar-refractivity contribution in [3.8, 4) is 5.75 Å². The molecule has 0 heterocycles. The molecule has 8 nitrogen and oxygen atoms in total. The number of carbonyl (C=O) groups is 2. The van der Waals surface area contributed by atoms with Gasteiger partial charge in [0.15, 0.2) is 0 Å². The van der Waals surface area contributed by atoms with Crippen molar-refractivity contribution < 1.29 is 22.7 Å². The zero-order chi connectivity index (χ0) is 27.9. The van der Waals surface area contributed by atoms with Gasteiger partial charge < -0.3 is 15.0 Å². The van der Waals surface area contributed by atoms with Crippen LogP contribution in [-0.2, 0) is 26.2 Å². The number of hydrogen-bond acceptors (Lipinski definition) is 5. The minimum absolute atomic E-state index is 0.0304. The average molecular weight is 603 g/mol. The highest BCUT2D eigenvalue weighted by Crippen LogP contribution is 2.32. The zero-order valence-electron chi connectivity index (χ0n) is 21.8. The van der Waals surface area contributed by atoms with Gasteiger partial charge in [-0.2, -0.15) is 0 Å². The molecule has 3 aromatic rings. The normalized spacial score (nSPS) is 12.1. The number of sulfonamides is 1. The first-order valence-electron chi connectivity index (χ1n) is 12.1. The van der Waals surface area contributed by atoms with Gasteiger partial charge in [-0.05, 0) is 62.7 Å².